The summed E-state index contributed by atoms with van der Waals surface area (Å²) in [6.07, 6.45) is -4.89. The molecule has 0 spiro atoms. The molecule has 134 valence electrons. The van der Waals surface area contributed by atoms with Gasteiger partial charge in [-0.15, -0.1) is 0 Å². The minimum atomic E-state index is -4.89. The number of alkyl halides is 3. The van der Waals surface area contributed by atoms with Crippen LogP contribution in [0.25, 0.3) is 0 Å². The van der Waals surface area contributed by atoms with E-state index < -0.39 is 23.5 Å². The molecule has 8 heteroatoms. The second kappa shape index (κ2) is 7.00. The Kier molecular flexibility index (Phi) is 5.20. The number of methoxy groups -OCH3 is 1. The number of phenolic OH excluding ortho intramolecular Hbond substituents is 1. The van der Waals surface area contributed by atoms with Gasteiger partial charge in [-0.05, 0) is 35.9 Å². The van der Waals surface area contributed by atoms with Crippen molar-refractivity contribution in [2.75, 3.05) is 14.2 Å². The van der Waals surface area contributed by atoms with Crippen molar-refractivity contribution in [3.8, 4) is 11.5 Å². The second-order valence-corrected chi connectivity index (χ2v) is 5.36. The van der Waals surface area contributed by atoms with Gasteiger partial charge in [-0.25, -0.2) is 4.39 Å². The third kappa shape index (κ3) is 4.20. The quantitative estimate of drug-likeness (QED) is 0.846. The first-order chi connectivity index (χ1) is 11.6. The normalized spacial score (nSPS) is 11.3. The van der Waals surface area contributed by atoms with E-state index in [1.54, 1.807) is 6.07 Å². The number of carbonyl (C=O) groups excluding carboxylic acids is 1. The fraction of sp³-hybridized carbons (Fsp3) is 0.235. The number of rotatable bonds is 4. The summed E-state index contributed by atoms with van der Waals surface area (Å²) in [7, 11) is 2.77. The maximum atomic E-state index is 13.3. The molecule has 0 bridgehead atoms. The summed E-state index contributed by atoms with van der Waals surface area (Å²) in [5, 5.41) is 9.54. The zero-order valence-corrected chi connectivity index (χ0v) is 13.4. The molecular weight excluding hydrogens is 342 g/mol. The Bertz CT molecular complexity index is 790. The first-order valence-electron chi connectivity index (χ1n) is 7.11. The molecule has 0 unspecified atom stereocenters. The number of aromatic hydroxyl groups is 1. The van der Waals surface area contributed by atoms with Gasteiger partial charge in [-0.1, -0.05) is 6.07 Å². The van der Waals surface area contributed by atoms with Gasteiger partial charge in [-0.3, -0.25) is 4.79 Å². The van der Waals surface area contributed by atoms with Crippen LogP contribution >= 0.6 is 0 Å². The van der Waals surface area contributed by atoms with Crippen molar-refractivity contribution in [1.29, 1.82) is 0 Å². The molecule has 0 aliphatic carbocycles. The Hall–Kier alpha value is -2.77. The van der Waals surface area contributed by atoms with Crippen molar-refractivity contribution in [2.24, 2.45) is 0 Å². The van der Waals surface area contributed by atoms with Crippen molar-refractivity contribution >= 4 is 5.91 Å². The molecule has 2 aromatic rings. The molecule has 0 aromatic heterocycles. The first kappa shape index (κ1) is 18.6. The average Bonchev–Trinajstić information content (AvgIpc) is 2.55. The molecule has 2 rings (SSSR count). The standard InChI is InChI=1S/C17H15F4NO3/c1-22(9-10-3-6-14(23)15(7-10)25-2)16(24)11-4-5-13(18)12(8-11)17(19,20)21/h3-8,23H,9H2,1-2H3. The van der Waals surface area contributed by atoms with Gasteiger partial charge < -0.3 is 14.7 Å². The van der Waals surface area contributed by atoms with Crippen molar-refractivity contribution in [2.45, 2.75) is 12.7 Å². The number of ether oxygens (including phenoxy) is 1. The molecule has 0 saturated carbocycles. The summed E-state index contributed by atoms with van der Waals surface area (Å²) in [4.78, 5) is 13.5. The minimum absolute atomic E-state index is 0.0637. The van der Waals surface area contributed by atoms with Crippen LogP contribution in [0.3, 0.4) is 0 Å². The lowest BCUT2D eigenvalue weighted by Crippen LogP contribution is -2.26. The number of hydrogen-bond donors (Lipinski definition) is 1. The van der Waals surface area contributed by atoms with Gasteiger partial charge in [0.2, 0.25) is 0 Å². The van der Waals surface area contributed by atoms with Gasteiger partial charge in [0, 0.05) is 19.2 Å². The van der Waals surface area contributed by atoms with Crippen LogP contribution in [-0.2, 0) is 12.7 Å². The Morgan fingerprint density at radius 1 is 1.20 bits per heavy atom. The third-order valence-corrected chi connectivity index (χ3v) is 3.53. The van der Waals surface area contributed by atoms with Crippen molar-refractivity contribution in [3.63, 3.8) is 0 Å². The fourth-order valence-electron chi connectivity index (χ4n) is 2.26. The third-order valence-electron chi connectivity index (χ3n) is 3.53. The summed E-state index contributed by atoms with van der Waals surface area (Å²) >= 11 is 0. The molecule has 0 aliphatic rings. The number of phenols is 1. The first-order valence-corrected chi connectivity index (χ1v) is 7.11. The SMILES string of the molecule is COc1cc(CN(C)C(=O)c2ccc(F)c(C(F)(F)F)c2)ccc1O. The fourth-order valence-corrected chi connectivity index (χ4v) is 2.26. The summed E-state index contributed by atoms with van der Waals surface area (Å²) < 4.78 is 56.6. The molecule has 0 atom stereocenters. The number of amides is 1. The zero-order valence-electron chi connectivity index (χ0n) is 13.4. The lowest BCUT2D eigenvalue weighted by molar-refractivity contribution is -0.140. The van der Waals surface area contributed by atoms with Crippen molar-refractivity contribution in [1.82, 2.24) is 4.90 Å². The number of halogens is 4. The number of nitrogens with zero attached hydrogens (tertiary/aromatic N) is 1. The lowest BCUT2D eigenvalue weighted by Gasteiger charge is -2.19. The second-order valence-electron chi connectivity index (χ2n) is 5.36. The maximum absolute atomic E-state index is 13.3. The predicted molar refractivity (Wildman–Crippen MR) is 81.9 cm³/mol. The monoisotopic (exact) mass is 357 g/mol. The average molecular weight is 357 g/mol. The predicted octanol–water partition coefficient (Wildman–Crippen LogP) is 3.83. The Balaban J connectivity index is 2.23. The van der Waals surface area contributed by atoms with Gasteiger partial charge in [0.05, 0.1) is 12.7 Å². The smallest absolute Gasteiger partial charge is 0.419 e. The molecule has 1 amide bonds. The van der Waals surface area contributed by atoms with E-state index in [1.165, 1.54) is 31.2 Å². The minimum Gasteiger partial charge on any atom is -0.504 e. The summed E-state index contributed by atoms with van der Waals surface area (Å²) in [5.41, 5.74) is -1.16. The molecule has 4 nitrogen and oxygen atoms in total. The van der Waals surface area contributed by atoms with Gasteiger partial charge >= 0.3 is 6.18 Å². The molecule has 0 aliphatic heterocycles. The molecule has 0 heterocycles. The van der Waals surface area contributed by atoms with Crippen molar-refractivity contribution in [3.05, 3.63) is 58.9 Å². The summed E-state index contributed by atoms with van der Waals surface area (Å²) in [5.74, 6) is -2.00. The highest BCUT2D eigenvalue weighted by molar-refractivity contribution is 5.94. The molecule has 0 fully saturated rings. The number of benzene rings is 2. The van der Waals surface area contributed by atoms with Crippen LogP contribution in [0.4, 0.5) is 17.6 Å². The Morgan fingerprint density at radius 3 is 2.48 bits per heavy atom. The zero-order chi connectivity index (χ0) is 18.8. The van der Waals surface area contributed by atoms with E-state index in [0.29, 0.717) is 17.7 Å². The van der Waals surface area contributed by atoms with E-state index in [2.05, 4.69) is 0 Å². The van der Waals surface area contributed by atoms with Crippen LogP contribution in [0.2, 0.25) is 0 Å². The summed E-state index contributed by atoms with van der Waals surface area (Å²) in [6, 6.07) is 6.55. The highest BCUT2D eigenvalue weighted by Crippen LogP contribution is 2.32. The summed E-state index contributed by atoms with van der Waals surface area (Å²) in [6.45, 7) is 0.0637. The highest BCUT2D eigenvalue weighted by atomic mass is 19.4. The van der Waals surface area contributed by atoms with Crippen LogP contribution < -0.4 is 4.74 Å². The van der Waals surface area contributed by atoms with Crippen molar-refractivity contribution < 1.29 is 32.2 Å². The highest BCUT2D eigenvalue weighted by Gasteiger charge is 2.34. The van der Waals surface area contributed by atoms with Gasteiger partial charge in [0.1, 0.15) is 5.82 Å². The van der Waals surface area contributed by atoms with Gasteiger partial charge in [-0.2, -0.15) is 13.2 Å². The van der Waals surface area contributed by atoms with Crippen LogP contribution in [0.1, 0.15) is 21.5 Å². The molecule has 25 heavy (non-hydrogen) atoms. The largest absolute Gasteiger partial charge is 0.504 e. The topological polar surface area (TPSA) is 49.8 Å². The van der Waals surface area contributed by atoms with E-state index >= 15 is 0 Å². The van der Waals surface area contributed by atoms with Crippen LogP contribution in [0.5, 0.6) is 11.5 Å². The van der Waals surface area contributed by atoms with E-state index in [9.17, 15) is 27.5 Å². The maximum Gasteiger partial charge on any atom is 0.419 e. The van der Waals surface area contributed by atoms with Crippen LogP contribution in [-0.4, -0.2) is 30.1 Å². The van der Waals surface area contributed by atoms with Gasteiger partial charge in [0.25, 0.3) is 5.91 Å². The van der Waals surface area contributed by atoms with Crippen LogP contribution in [0.15, 0.2) is 36.4 Å². The van der Waals surface area contributed by atoms with Crippen LogP contribution in [0, 0.1) is 5.82 Å². The van der Waals surface area contributed by atoms with E-state index in [0.717, 1.165) is 6.07 Å². The lowest BCUT2D eigenvalue weighted by atomic mass is 10.1. The van der Waals surface area contributed by atoms with E-state index in [1.807, 2.05) is 0 Å². The van der Waals surface area contributed by atoms with E-state index in [4.69, 9.17) is 4.74 Å². The number of carbonyl (C=O) groups is 1. The molecule has 2 aromatic carbocycles. The molecular formula is C17H15F4NO3. The molecule has 1 N–H and O–H groups in total. The van der Waals surface area contributed by atoms with Gasteiger partial charge in [0.15, 0.2) is 11.5 Å². The Labute approximate surface area is 141 Å². The van der Waals surface area contributed by atoms with E-state index in [-0.39, 0.29) is 23.6 Å². The Morgan fingerprint density at radius 2 is 1.88 bits per heavy atom. The number of hydrogen-bond acceptors (Lipinski definition) is 3. The molecule has 0 radical (unpaired) electrons. The molecule has 0 saturated heterocycles.